The average molecular weight is 210 g/mol. The van der Waals surface area contributed by atoms with Gasteiger partial charge < -0.3 is 23.5 Å². The Labute approximate surface area is 79.6 Å². The van der Waals surface area contributed by atoms with Crippen LogP contribution in [0, 0.1) is 0 Å². The Hall–Kier alpha value is 0.0169. The molecule has 0 radical (unpaired) electrons. The van der Waals surface area contributed by atoms with E-state index in [4.69, 9.17) is 23.5 Å². The molecule has 80 valence electrons. The molecule has 0 atom stereocenters. The Balaban J connectivity index is 4.38. The lowest BCUT2D eigenvalue weighted by molar-refractivity contribution is -0.0684. The van der Waals surface area contributed by atoms with E-state index in [9.17, 15) is 0 Å². The minimum Gasteiger partial charge on any atom is -0.371 e. The SMILES string of the molecule is CCO[Si](OCC)(OCC)C(O)O. The van der Waals surface area contributed by atoms with Gasteiger partial charge in [-0.05, 0) is 20.8 Å². The maximum Gasteiger partial charge on any atom is 0.559 e. The minimum atomic E-state index is -3.26. The van der Waals surface area contributed by atoms with Gasteiger partial charge in [0.2, 0.25) is 5.91 Å². The van der Waals surface area contributed by atoms with E-state index in [1.54, 1.807) is 20.8 Å². The molecule has 0 aliphatic heterocycles. The summed E-state index contributed by atoms with van der Waals surface area (Å²) < 4.78 is 15.5. The summed E-state index contributed by atoms with van der Waals surface area (Å²) in [6.45, 7) is 6.27. The zero-order valence-electron chi connectivity index (χ0n) is 8.32. The van der Waals surface area contributed by atoms with Crippen molar-refractivity contribution in [2.45, 2.75) is 26.7 Å². The van der Waals surface area contributed by atoms with Crippen LogP contribution in [0.2, 0.25) is 0 Å². The number of aliphatic hydroxyl groups is 2. The van der Waals surface area contributed by atoms with Gasteiger partial charge in [0, 0.05) is 19.8 Å². The third-order valence-electron chi connectivity index (χ3n) is 1.35. The Kier molecular flexibility index (Phi) is 6.48. The molecule has 0 aromatic heterocycles. The van der Waals surface area contributed by atoms with Gasteiger partial charge in [-0.3, -0.25) is 0 Å². The quantitative estimate of drug-likeness (QED) is 0.453. The van der Waals surface area contributed by atoms with Crippen molar-refractivity contribution in [1.82, 2.24) is 0 Å². The average Bonchev–Trinajstić information content (AvgIpc) is 2.05. The zero-order valence-corrected chi connectivity index (χ0v) is 9.32. The molecule has 0 saturated carbocycles. The molecule has 0 heterocycles. The first-order valence-electron chi connectivity index (χ1n) is 4.40. The van der Waals surface area contributed by atoms with Crippen molar-refractivity contribution >= 4 is 8.80 Å². The molecule has 0 aliphatic carbocycles. The number of hydrogen-bond acceptors (Lipinski definition) is 5. The second-order valence-electron chi connectivity index (χ2n) is 2.28. The smallest absolute Gasteiger partial charge is 0.371 e. The molecule has 0 spiro atoms. The van der Waals surface area contributed by atoms with E-state index in [1.807, 2.05) is 0 Å². The third-order valence-corrected chi connectivity index (χ3v) is 4.06. The predicted octanol–water partition coefficient (Wildman–Crippen LogP) is -0.115. The van der Waals surface area contributed by atoms with Crippen molar-refractivity contribution in [2.75, 3.05) is 19.8 Å². The van der Waals surface area contributed by atoms with Crippen molar-refractivity contribution in [1.29, 1.82) is 0 Å². The fourth-order valence-electron chi connectivity index (χ4n) is 0.952. The normalized spacial score (nSPS) is 12.5. The van der Waals surface area contributed by atoms with Crippen molar-refractivity contribution in [3.8, 4) is 0 Å². The maximum absolute atomic E-state index is 9.10. The van der Waals surface area contributed by atoms with Crippen molar-refractivity contribution < 1.29 is 23.5 Å². The molecule has 2 N–H and O–H groups in total. The van der Waals surface area contributed by atoms with Crippen LogP contribution in [0.4, 0.5) is 0 Å². The highest BCUT2D eigenvalue weighted by molar-refractivity contribution is 6.61. The monoisotopic (exact) mass is 210 g/mol. The van der Waals surface area contributed by atoms with Crippen LogP contribution in [-0.2, 0) is 13.3 Å². The summed E-state index contributed by atoms with van der Waals surface area (Å²) in [4.78, 5) is 0. The highest BCUT2D eigenvalue weighted by Crippen LogP contribution is 2.13. The van der Waals surface area contributed by atoms with Crippen LogP contribution in [0.5, 0.6) is 0 Å². The van der Waals surface area contributed by atoms with Crippen molar-refractivity contribution in [2.24, 2.45) is 0 Å². The van der Waals surface area contributed by atoms with Crippen molar-refractivity contribution in [3.63, 3.8) is 0 Å². The van der Waals surface area contributed by atoms with Gasteiger partial charge in [-0.25, -0.2) is 0 Å². The van der Waals surface area contributed by atoms with Gasteiger partial charge in [0.15, 0.2) is 0 Å². The number of hydrogen-bond donors (Lipinski definition) is 2. The molecule has 6 heteroatoms. The van der Waals surface area contributed by atoms with Gasteiger partial charge in [-0.2, -0.15) is 0 Å². The van der Waals surface area contributed by atoms with Crippen LogP contribution < -0.4 is 0 Å². The summed E-state index contributed by atoms with van der Waals surface area (Å²) in [7, 11) is -3.26. The summed E-state index contributed by atoms with van der Waals surface area (Å²) in [5.74, 6) is -1.67. The van der Waals surface area contributed by atoms with Gasteiger partial charge in [-0.1, -0.05) is 0 Å². The summed E-state index contributed by atoms with van der Waals surface area (Å²) >= 11 is 0. The molecular weight excluding hydrogens is 192 g/mol. The van der Waals surface area contributed by atoms with E-state index >= 15 is 0 Å². The molecule has 13 heavy (non-hydrogen) atoms. The highest BCUT2D eigenvalue weighted by Gasteiger charge is 2.48. The van der Waals surface area contributed by atoms with Crippen LogP contribution in [0.1, 0.15) is 20.8 Å². The highest BCUT2D eigenvalue weighted by atomic mass is 28.4. The Morgan fingerprint density at radius 3 is 1.38 bits per heavy atom. The summed E-state index contributed by atoms with van der Waals surface area (Å²) in [6, 6.07) is 0. The fraction of sp³-hybridized carbons (Fsp3) is 1.00. The summed E-state index contributed by atoms with van der Waals surface area (Å²) in [6.07, 6.45) is 0. The van der Waals surface area contributed by atoms with Gasteiger partial charge >= 0.3 is 8.80 Å². The van der Waals surface area contributed by atoms with Crippen LogP contribution >= 0.6 is 0 Å². The van der Waals surface area contributed by atoms with Crippen LogP contribution in [0.15, 0.2) is 0 Å². The molecule has 0 rings (SSSR count). The summed E-state index contributed by atoms with van der Waals surface area (Å²) in [5.41, 5.74) is 0. The molecule has 0 aliphatic rings. The van der Waals surface area contributed by atoms with Crippen LogP contribution in [-0.4, -0.2) is 44.8 Å². The van der Waals surface area contributed by atoms with Gasteiger partial charge in [-0.15, -0.1) is 0 Å². The molecule has 0 saturated heterocycles. The second kappa shape index (κ2) is 6.47. The Bertz CT molecular complexity index is 113. The van der Waals surface area contributed by atoms with E-state index in [0.29, 0.717) is 19.8 Å². The van der Waals surface area contributed by atoms with E-state index in [1.165, 1.54) is 0 Å². The first-order chi connectivity index (χ1) is 6.13. The van der Waals surface area contributed by atoms with E-state index in [0.717, 1.165) is 0 Å². The Morgan fingerprint density at radius 2 is 1.23 bits per heavy atom. The molecular formula is C7H18O5Si. The van der Waals surface area contributed by atoms with Gasteiger partial charge in [0.05, 0.1) is 0 Å². The predicted molar refractivity (Wildman–Crippen MR) is 48.9 cm³/mol. The van der Waals surface area contributed by atoms with Crippen molar-refractivity contribution in [3.05, 3.63) is 0 Å². The minimum absolute atomic E-state index is 0.337. The lowest BCUT2D eigenvalue weighted by atomic mass is 10.9. The first-order valence-corrected chi connectivity index (χ1v) is 6.21. The molecule has 5 nitrogen and oxygen atoms in total. The molecule has 0 aromatic rings. The number of aliphatic hydroxyl groups excluding tert-OH is 1. The molecule has 0 bridgehead atoms. The van der Waals surface area contributed by atoms with E-state index < -0.39 is 14.7 Å². The first kappa shape index (κ1) is 13.0. The molecule has 0 aromatic carbocycles. The van der Waals surface area contributed by atoms with Gasteiger partial charge in [0.1, 0.15) is 0 Å². The molecule has 0 fully saturated rings. The maximum atomic E-state index is 9.10. The lowest BCUT2D eigenvalue weighted by Crippen LogP contribution is -2.56. The molecule has 0 amide bonds. The number of rotatable bonds is 7. The third kappa shape index (κ3) is 3.71. The van der Waals surface area contributed by atoms with Crippen LogP contribution in [0.3, 0.4) is 0 Å². The second-order valence-corrected chi connectivity index (χ2v) is 4.87. The lowest BCUT2D eigenvalue weighted by Gasteiger charge is -2.29. The molecule has 0 unspecified atom stereocenters. The fourth-order valence-corrected chi connectivity index (χ4v) is 2.86. The largest absolute Gasteiger partial charge is 0.559 e. The van der Waals surface area contributed by atoms with Crippen LogP contribution in [0.25, 0.3) is 0 Å². The van der Waals surface area contributed by atoms with E-state index in [-0.39, 0.29) is 0 Å². The summed E-state index contributed by atoms with van der Waals surface area (Å²) in [5, 5.41) is 18.2. The Morgan fingerprint density at radius 1 is 0.923 bits per heavy atom. The topological polar surface area (TPSA) is 68.2 Å². The zero-order chi connectivity index (χ0) is 10.3. The van der Waals surface area contributed by atoms with E-state index in [2.05, 4.69) is 0 Å². The van der Waals surface area contributed by atoms with Gasteiger partial charge in [0.25, 0.3) is 0 Å². The standard InChI is InChI=1S/C7H18O5Si/c1-4-10-13(7(8)9,11-5-2)12-6-3/h7-9H,4-6H2,1-3H3.